The maximum atomic E-state index is 12.2. The fraction of sp³-hybridized carbons (Fsp3) is 0.455. The fourth-order valence-corrected chi connectivity index (χ4v) is 3.61. The Hall–Kier alpha value is -0.780. The molecule has 1 aromatic carbocycles. The van der Waals surface area contributed by atoms with E-state index in [9.17, 15) is 8.42 Å². The number of hydrogen-bond acceptors (Lipinski definition) is 3. The third kappa shape index (κ3) is 2.41. The zero-order valence-corrected chi connectivity index (χ0v) is 11.1. The Morgan fingerprint density at radius 3 is 2.53 bits per heavy atom. The molecule has 0 amide bonds. The lowest BCUT2D eigenvalue weighted by Gasteiger charge is -2.16. The van der Waals surface area contributed by atoms with Crippen LogP contribution < -0.4 is 4.74 Å². The van der Waals surface area contributed by atoms with Crippen molar-refractivity contribution in [3.05, 3.63) is 23.2 Å². The van der Waals surface area contributed by atoms with E-state index >= 15 is 0 Å². The van der Waals surface area contributed by atoms with Crippen molar-refractivity contribution in [1.29, 1.82) is 0 Å². The molecule has 0 atom stereocenters. The SMILES string of the molecule is COc1cc(S(=O)(=O)N2CCCC2)ccc1Cl. The van der Waals surface area contributed by atoms with Gasteiger partial charge in [0, 0.05) is 19.2 Å². The topological polar surface area (TPSA) is 46.6 Å². The van der Waals surface area contributed by atoms with Crippen molar-refractivity contribution < 1.29 is 13.2 Å². The Morgan fingerprint density at radius 2 is 1.94 bits per heavy atom. The van der Waals surface area contributed by atoms with Crippen molar-refractivity contribution >= 4 is 21.6 Å². The van der Waals surface area contributed by atoms with Crippen LogP contribution >= 0.6 is 11.6 Å². The van der Waals surface area contributed by atoms with Gasteiger partial charge in [-0.05, 0) is 25.0 Å². The summed E-state index contributed by atoms with van der Waals surface area (Å²) in [5.41, 5.74) is 0. The number of nitrogens with zero attached hydrogens (tertiary/aromatic N) is 1. The van der Waals surface area contributed by atoms with Crippen LogP contribution in [0.1, 0.15) is 12.8 Å². The van der Waals surface area contributed by atoms with Crippen LogP contribution in [-0.2, 0) is 10.0 Å². The van der Waals surface area contributed by atoms with Gasteiger partial charge in [0.2, 0.25) is 10.0 Å². The van der Waals surface area contributed by atoms with E-state index in [4.69, 9.17) is 16.3 Å². The summed E-state index contributed by atoms with van der Waals surface area (Å²) in [5.74, 6) is 0.381. The summed E-state index contributed by atoms with van der Waals surface area (Å²) in [6.07, 6.45) is 1.84. The number of halogens is 1. The normalized spacial score (nSPS) is 17.3. The van der Waals surface area contributed by atoms with Gasteiger partial charge in [0.25, 0.3) is 0 Å². The van der Waals surface area contributed by atoms with E-state index in [0.717, 1.165) is 12.8 Å². The van der Waals surface area contributed by atoms with Gasteiger partial charge >= 0.3 is 0 Å². The third-order valence-corrected chi connectivity index (χ3v) is 5.03. The number of rotatable bonds is 3. The Bertz CT molecular complexity index is 509. The van der Waals surface area contributed by atoms with Crippen LogP contribution in [0.15, 0.2) is 23.1 Å². The van der Waals surface area contributed by atoms with Gasteiger partial charge in [0.05, 0.1) is 17.0 Å². The average Bonchev–Trinajstić information content (AvgIpc) is 2.83. The molecule has 1 fully saturated rings. The predicted molar refractivity (Wildman–Crippen MR) is 66.0 cm³/mol. The molecule has 2 rings (SSSR count). The van der Waals surface area contributed by atoms with Crippen LogP contribution in [0.2, 0.25) is 5.02 Å². The summed E-state index contributed by atoms with van der Waals surface area (Å²) in [4.78, 5) is 0.237. The van der Waals surface area contributed by atoms with Gasteiger partial charge in [-0.1, -0.05) is 11.6 Å². The molecule has 1 aliphatic heterocycles. The summed E-state index contributed by atoms with van der Waals surface area (Å²) in [7, 11) is -1.93. The molecule has 0 unspecified atom stereocenters. The maximum absolute atomic E-state index is 12.2. The molecule has 0 aliphatic carbocycles. The summed E-state index contributed by atoms with van der Waals surface area (Å²) in [5, 5.41) is 0.410. The molecule has 1 heterocycles. The molecule has 6 heteroatoms. The summed E-state index contributed by atoms with van der Waals surface area (Å²) in [6.45, 7) is 1.18. The first-order chi connectivity index (χ1) is 8.05. The molecular formula is C11H14ClNO3S. The van der Waals surface area contributed by atoms with E-state index in [2.05, 4.69) is 0 Å². The largest absolute Gasteiger partial charge is 0.495 e. The van der Waals surface area contributed by atoms with Crippen LogP contribution in [0.3, 0.4) is 0 Å². The predicted octanol–water partition coefficient (Wildman–Crippen LogP) is 2.13. The number of sulfonamides is 1. The van der Waals surface area contributed by atoms with Crippen LogP contribution in [0, 0.1) is 0 Å². The first-order valence-corrected chi connectivity index (χ1v) is 7.21. The van der Waals surface area contributed by atoms with Crippen molar-refractivity contribution in [2.24, 2.45) is 0 Å². The molecule has 0 bridgehead atoms. The Kier molecular flexibility index (Phi) is 3.61. The third-order valence-electron chi connectivity index (χ3n) is 2.83. The van der Waals surface area contributed by atoms with Gasteiger partial charge in [-0.25, -0.2) is 8.42 Å². The van der Waals surface area contributed by atoms with Crippen molar-refractivity contribution in [2.45, 2.75) is 17.7 Å². The van der Waals surface area contributed by atoms with Gasteiger partial charge < -0.3 is 4.74 Å². The fourth-order valence-electron chi connectivity index (χ4n) is 1.88. The lowest BCUT2D eigenvalue weighted by atomic mass is 10.3. The monoisotopic (exact) mass is 275 g/mol. The minimum atomic E-state index is -3.39. The smallest absolute Gasteiger partial charge is 0.243 e. The summed E-state index contributed by atoms with van der Waals surface area (Å²) in [6, 6.07) is 4.53. The second kappa shape index (κ2) is 4.84. The molecule has 0 radical (unpaired) electrons. The van der Waals surface area contributed by atoms with Crippen LogP contribution in [-0.4, -0.2) is 32.9 Å². The molecule has 1 saturated heterocycles. The molecule has 4 nitrogen and oxygen atoms in total. The first kappa shape index (κ1) is 12.7. The van der Waals surface area contributed by atoms with E-state index < -0.39 is 10.0 Å². The van der Waals surface area contributed by atoms with Gasteiger partial charge in [0.1, 0.15) is 5.75 Å². The minimum Gasteiger partial charge on any atom is -0.495 e. The number of methoxy groups -OCH3 is 1. The molecular weight excluding hydrogens is 262 g/mol. The highest BCUT2D eigenvalue weighted by atomic mass is 35.5. The molecule has 0 saturated carbocycles. The van der Waals surface area contributed by atoms with Crippen molar-refractivity contribution in [2.75, 3.05) is 20.2 Å². The average molecular weight is 276 g/mol. The Balaban J connectivity index is 2.39. The Labute approximate surface area is 106 Å². The van der Waals surface area contributed by atoms with Gasteiger partial charge in [-0.3, -0.25) is 0 Å². The van der Waals surface area contributed by atoms with Crippen molar-refractivity contribution in [1.82, 2.24) is 4.31 Å². The molecule has 1 aliphatic rings. The molecule has 17 heavy (non-hydrogen) atoms. The van der Waals surface area contributed by atoms with Gasteiger partial charge in [-0.2, -0.15) is 4.31 Å². The van der Waals surface area contributed by atoms with E-state index in [1.54, 1.807) is 6.07 Å². The second-order valence-corrected chi connectivity index (χ2v) is 6.25. The van der Waals surface area contributed by atoms with E-state index in [0.29, 0.717) is 23.9 Å². The molecule has 0 N–H and O–H groups in total. The first-order valence-electron chi connectivity index (χ1n) is 5.39. The lowest BCUT2D eigenvalue weighted by molar-refractivity contribution is 0.413. The van der Waals surface area contributed by atoms with Crippen LogP contribution in [0.5, 0.6) is 5.75 Å². The van der Waals surface area contributed by atoms with E-state index in [-0.39, 0.29) is 4.90 Å². The zero-order valence-electron chi connectivity index (χ0n) is 9.52. The van der Waals surface area contributed by atoms with Crippen LogP contribution in [0.4, 0.5) is 0 Å². The number of ether oxygens (including phenoxy) is 1. The minimum absolute atomic E-state index is 0.237. The quantitative estimate of drug-likeness (QED) is 0.849. The van der Waals surface area contributed by atoms with E-state index in [1.165, 1.54) is 23.5 Å². The standard InChI is InChI=1S/C11H14ClNO3S/c1-16-11-8-9(4-5-10(11)12)17(14,15)13-6-2-3-7-13/h4-5,8H,2-3,6-7H2,1H3. The maximum Gasteiger partial charge on any atom is 0.243 e. The highest BCUT2D eigenvalue weighted by Crippen LogP contribution is 2.29. The van der Waals surface area contributed by atoms with Crippen LogP contribution in [0.25, 0.3) is 0 Å². The van der Waals surface area contributed by atoms with Gasteiger partial charge in [0.15, 0.2) is 0 Å². The lowest BCUT2D eigenvalue weighted by Crippen LogP contribution is -2.27. The molecule has 0 aromatic heterocycles. The Morgan fingerprint density at radius 1 is 1.29 bits per heavy atom. The summed E-state index contributed by atoms with van der Waals surface area (Å²) < 4.78 is 31.0. The van der Waals surface area contributed by atoms with Crippen molar-refractivity contribution in [3.63, 3.8) is 0 Å². The number of hydrogen-bond donors (Lipinski definition) is 0. The van der Waals surface area contributed by atoms with E-state index in [1.807, 2.05) is 0 Å². The highest BCUT2D eigenvalue weighted by molar-refractivity contribution is 7.89. The highest BCUT2D eigenvalue weighted by Gasteiger charge is 2.27. The second-order valence-electron chi connectivity index (χ2n) is 3.91. The molecule has 1 aromatic rings. The van der Waals surface area contributed by atoms with Crippen molar-refractivity contribution in [3.8, 4) is 5.75 Å². The number of benzene rings is 1. The van der Waals surface area contributed by atoms with Gasteiger partial charge in [-0.15, -0.1) is 0 Å². The summed E-state index contributed by atoms with van der Waals surface area (Å²) >= 11 is 5.87. The molecule has 0 spiro atoms. The zero-order chi connectivity index (χ0) is 12.5. The molecule has 94 valence electrons.